The highest BCUT2D eigenvalue weighted by Gasteiger charge is 2.35. The van der Waals surface area contributed by atoms with Crippen molar-refractivity contribution in [1.82, 2.24) is 4.98 Å². The van der Waals surface area contributed by atoms with Crippen LogP contribution < -0.4 is 5.32 Å². The molecule has 1 N–H and O–H groups in total. The Morgan fingerprint density at radius 3 is 2.44 bits per heavy atom. The minimum Gasteiger partial charge on any atom is -0.324 e. The highest BCUT2D eigenvalue weighted by atomic mass is 19.1. The van der Waals surface area contributed by atoms with Gasteiger partial charge in [0.25, 0.3) is 0 Å². The van der Waals surface area contributed by atoms with Crippen LogP contribution in [0.1, 0.15) is 30.0 Å². The number of pyridine rings is 1. The van der Waals surface area contributed by atoms with Crippen molar-refractivity contribution in [2.75, 3.05) is 5.32 Å². The van der Waals surface area contributed by atoms with Crippen LogP contribution in [0.25, 0.3) is 11.1 Å². The third kappa shape index (κ3) is 3.75. The summed E-state index contributed by atoms with van der Waals surface area (Å²) in [5, 5.41) is 2.94. The molecule has 4 heteroatoms. The van der Waals surface area contributed by atoms with Crippen LogP contribution in [-0.2, 0) is 4.79 Å². The largest absolute Gasteiger partial charge is 0.324 e. The predicted molar refractivity (Wildman–Crippen MR) is 105 cm³/mol. The van der Waals surface area contributed by atoms with E-state index in [0.29, 0.717) is 11.5 Å². The highest BCUT2D eigenvalue weighted by Crippen LogP contribution is 2.42. The molecule has 0 spiro atoms. The Morgan fingerprint density at radius 1 is 1.04 bits per heavy atom. The number of benzene rings is 2. The molecule has 0 atom stereocenters. The van der Waals surface area contributed by atoms with Gasteiger partial charge >= 0.3 is 0 Å². The average molecular weight is 360 g/mol. The molecular formula is C23H21FN2O. The molecule has 1 aliphatic carbocycles. The van der Waals surface area contributed by atoms with Crippen molar-refractivity contribution in [3.8, 4) is 11.1 Å². The fraction of sp³-hybridized carbons (Fsp3) is 0.217. The van der Waals surface area contributed by atoms with Gasteiger partial charge in [0.1, 0.15) is 5.82 Å². The molecule has 0 saturated heterocycles. The van der Waals surface area contributed by atoms with Gasteiger partial charge in [-0.15, -0.1) is 0 Å². The topological polar surface area (TPSA) is 42.0 Å². The summed E-state index contributed by atoms with van der Waals surface area (Å²) in [5.74, 6) is 0.255. The smallest absolute Gasteiger partial charge is 0.227 e. The summed E-state index contributed by atoms with van der Waals surface area (Å²) < 4.78 is 13.9. The fourth-order valence-corrected chi connectivity index (χ4v) is 3.52. The van der Waals surface area contributed by atoms with Crippen LogP contribution in [0, 0.1) is 18.7 Å². The lowest BCUT2D eigenvalue weighted by Crippen LogP contribution is -2.33. The quantitative estimate of drug-likeness (QED) is 0.683. The van der Waals surface area contributed by atoms with E-state index in [-0.39, 0.29) is 17.6 Å². The number of carbonyl (C=O) groups excluding carboxylic acids is 1. The molecule has 3 nitrogen and oxygen atoms in total. The summed E-state index contributed by atoms with van der Waals surface area (Å²) in [6, 6.07) is 18.6. The molecule has 27 heavy (non-hydrogen) atoms. The Bertz CT molecular complexity index is 945. The van der Waals surface area contributed by atoms with Gasteiger partial charge in [0.15, 0.2) is 0 Å². The van der Waals surface area contributed by atoms with E-state index in [0.717, 1.165) is 29.8 Å². The third-order valence-electron chi connectivity index (χ3n) is 5.25. The van der Waals surface area contributed by atoms with Crippen LogP contribution in [0.3, 0.4) is 0 Å². The van der Waals surface area contributed by atoms with Crippen molar-refractivity contribution in [2.24, 2.45) is 5.92 Å². The Hall–Kier alpha value is -3.01. The number of amides is 1. The number of aromatic nitrogens is 1. The summed E-state index contributed by atoms with van der Waals surface area (Å²) >= 11 is 0. The fourth-order valence-electron chi connectivity index (χ4n) is 3.52. The number of hydrogen-bond donors (Lipinski definition) is 1. The molecule has 2 aromatic carbocycles. The molecule has 4 rings (SSSR count). The molecule has 1 amide bonds. The van der Waals surface area contributed by atoms with Gasteiger partial charge in [-0.25, -0.2) is 4.39 Å². The second-order valence-corrected chi connectivity index (χ2v) is 7.14. The van der Waals surface area contributed by atoms with E-state index in [4.69, 9.17) is 0 Å². The number of halogens is 1. The van der Waals surface area contributed by atoms with Gasteiger partial charge < -0.3 is 5.32 Å². The standard InChI is InChI=1S/C23H21FN2O/c1-15-6-11-20(14-25-15)26-23(27)19-12-18(13-19)16-7-9-17(10-8-16)21-4-2-3-5-22(21)24/h2-11,14,18-19H,12-13H2,1H3,(H,26,27). The van der Waals surface area contributed by atoms with E-state index in [1.165, 1.54) is 11.6 Å². The SMILES string of the molecule is Cc1ccc(NC(=O)C2CC(c3ccc(-c4ccccc4F)cc3)C2)cn1. The first kappa shape index (κ1) is 17.4. The normalized spacial score (nSPS) is 18.6. The summed E-state index contributed by atoms with van der Waals surface area (Å²) in [4.78, 5) is 16.5. The Labute approximate surface area is 158 Å². The van der Waals surface area contributed by atoms with E-state index < -0.39 is 0 Å². The number of hydrogen-bond acceptors (Lipinski definition) is 2. The lowest BCUT2D eigenvalue weighted by molar-refractivity contribution is -0.122. The lowest BCUT2D eigenvalue weighted by atomic mass is 9.71. The number of aryl methyl sites for hydroxylation is 1. The maximum atomic E-state index is 13.9. The average Bonchev–Trinajstić information content (AvgIpc) is 2.64. The number of nitrogens with zero attached hydrogens (tertiary/aromatic N) is 1. The van der Waals surface area contributed by atoms with E-state index in [9.17, 15) is 9.18 Å². The van der Waals surface area contributed by atoms with E-state index >= 15 is 0 Å². The van der Waals surface area contributed by atoms with Crippen molar-refractivity contribution < 1.29 is 9.18 Å². The first-order chi connectivity index (χ1) is 13.1. The number of carbonyl (C=O) groups is 1. The Balaban J connectivity index is 1.36. The Kier molecular flexibility index (Phi) is 4.71. The zero-order valence-corrected chi connectivity index (χ0v) is 15.2. The van der Waals surface area contributed by atoms with Crippen LogP contribution in [0.15, 0.2) is 66.9 Å². The van der Waals surface area contributed by atoms with Gasteiger partial charge in [0.05, 0.1) is 11.9 Å². The van der Waals surface area contributed by atoms with Crippen molar-refractivity contribution in [3.63, 3.8) is 0 Å². The maximum absolute atomic E-state index is 13.9. The zero-order chi connectivity index (χ0) is 18.8. The number of nitrogens with one attached hydrogen (secondary N) is 1. The molecule has 1 saturated carbocycles. The van der Waals surface area contributed by atoms with Crippen molar-refractivity contribution in [3.05, 3.63) is 83.9 Å². The molecule has 3 aromatic rings. The van der Waals surface area contributed by atoms with Gasteiger partial charge in [-0.1, -0.05) is 42.5 Å². The van der Waals surface area contributed by atoms with Crippen LogP contribution >= 0.6 is 0 Å². The van der Waals surface area contributed by atoms with Gasteiger partial charge in [-0.2, -0.15) is 0 Å². The van der Waals surface area contributed by atoms with Gasteiger partial charge in [-0.05, 0) is 55.0 Å². The zero-order valence-electron chi connectivity index (χ0n) is 15.2. The number of anilines is 1. The highest BCUT2D eigenvalue weighted by molar-refractivity contribution is 5.93. The summed E-state index contributed by atoms with van der Waals surface area (Å²) in [5.41, 5.74) is 4.36. The van der Waals surface area contributed by atoms with Crippen molar-refractivity contribution >= 4 is 11.6 Å². The third-order valence-corrected chi connectivity index (χ3v) is 5.25. The molecule has 0 bridgehead atoms. The van der Waals surface area contributed by atoms with Gasteiger partial charge in [-0.3, -0.25) is 9.78 Å². The summed E-state index contributed by atoms with van der Waals surface area (Å²) in [7, 11) is 0. The van der Waals surface area contributed by atoms with Gasteiger partial charge in [0, 0.05) is 17.2 Å². The second kappa shape index (κ2) is 7.31. The second-order valence-electron chi connectivity index (χ2n) is 7.14. The molecular weight excluding hydrogens is 339 g/mol. The van der Waals surface area contributed by atoms with Crippen molar-refractivity contribution in [2.45, 2.75) is 25.7 Å². The van der Waals surface area contributed by atoms with Crippen LogP contribution in [0.5, 0.6) is 0 Å². The minimum absolute atomic E-state index is 0.0301. The van der Waals surface area contributed by atoms with E-state index in [2.05, 4.69) is 10.3 Å². The van der Waals surface area contributed by atoms with Crippen LogP contribution in [0.4, 0.5) is 10.1 Å². The van der Waals surface area contributed by atoms with Crippen molar-refractivity contribution in [1.29, 1.82) is 0 Å². The molecule has 0 radical (unpaired) electrons. The molecule has 1 aliphatic rings. The van der Waals surface area contributed by atoms with Crippen LogP contribution in [-0.4, -0.2) is 10.9 Å². The minimum atomic E-state index is -0.212. The molecule has 136 valence electrons. The summed E-state index contributed by atoms with van der Waals surface area (Å²) in [6.45, 7) is 1.92. The molecule has 1 fully saturated rings. The predicted octanol–water partition coefficient (Wildman–Crippen LogP) is 5.33. The number of rotatable bonds is 4. The van der Waals surface area contributed by atoms with Gasteiger partial charge in [0.2, 0.25) is 5.91 Å². The Morgan fingerprint density at radius 2 is 1.78 bits per heavy atom. The molecule has 0 aliphatic heterocycles. The van der Waals surface area contributed by atoms with Crippen LogP contribution in [0.2, 0.25) is 0 Å². The summed E-state index contributed by atoms with van der Waals surface area (Å²) in [6.07, 6.45) is 3.36. The molecule has 1 aromatic heterocycles. The van der Waals surface area contributed by atoms with E-state index in [1.54, 1.807) is 18.3 Å². The van der Waals surface area contributed by atoms with E-state index in [1.807, 2.05) is 49.4 Å². The monoisotopic (exact) mass is 360 g/mol. The molecule has 0 unspecified atom stereocenters. The first-order valence-corrected chi connectivity index (χ1v) is 9.18. The first-order valence-electron chi connectivity index (χ1n) is 9.18. The molecule has 1 heterocycles. The lowest BCUT2D eigenvalue weighted by Gasteiger charge is -2.34. The maximum Gasteiger partial charge on any atom is 0.227 e.